The summed E-state index contributed by atoms with van der Waals surface area (Å²) in [6.45, 7) is 3.43. The molecule has 0 spiro atoms. The second-order valence-corrected chi connectivity index (χ2v) is 7.31. The number of nitrogens with one attached hydrogen (secondary N) is 2. The van der Waals surface area contributed by atoms with Crippen LogP contribution in [0.3, 0.4) is 0 Å². The molecule has 138 valence electrons. The Morgan fingerprint density at radius 2 is 1.88 bits per heavy atom. The lowest BCUT2D eigenvalue weighted by Crippen LogP contribution is -2.39. The second-order valence-electron chi connectivity index (χ2n) is 6.87. The Labute approximate surface area is 155 Å². The van der Waals surface area contributed by atoms with Gasteiger partial charge in [0.05, 0.1) is 31.1 Å². The summed E-state index contributed by atoms with van der Waals surface area (Å²) in [6, 6.07) is 6.13. The van der Waals surface area contributed by atoms with E-state index in [0.29, 0.717) is 11.1 Å². The Hall–Kier alpha value is -1.46. The minimum Gasteiger partial charge on any atom is -0.378 e. The summed E-state index contributed by atoms with van der Waals surface area (Å²) in [5.74, 6) is 0.0554. The molecule has 1 heterocycles. The quantitative estimate of drug-likeness (QED) is 0.785. The number of amides is 1. The van der Waals surface area contributed by atoms with E-state index in [4.69, 9.17) is 16.3 Å². The first-order valence-electron chi connectivity index (χ1n) is 9.38. The van der Waals surface area contributed by atoms with Gasteiger partial charge in [0.15, 0.2) is 0 Å². The van der Waals surface area contributed by atoms with Crippen LogP contribution in [0.5, 0.6) is 0 Å². The molecule has 1 saturated heterocycles. The first kappa shape index (κ1) is 18.3. The van der Waals surface area contributed by atoms with Gasteiger partial charge in [-0.05, 0) is 31.0 Å². The summed E-state index contributed by atoms with van der Waals surface area (Å²) < 4.78 is 5.43. The molecule has 1 aliphatic carbocycles. The first-order chi connectivity index (χ1) is 12.2. The molecule has 25 heavy (non-hydrogen) atoms. The average molecular weight is 366 g/mol. The number of rotatable bonds is 5. The van der Waals surface area contributed by atoms with E-state index in [9.17, 15) is 4.79 Å². The van der Waals surface area contributed by atoms with Gasteiger partial charge in [0.25, 0.3) is 0 Å². The molecule has 2 aliphatic rings. The minimum atomic E-state index is 0.0554. The SMILES string of the molecule is O=C(CNc1cc(Cl)ccc1N1CCOCC1)NC1CCCCCC1. The van der Waals surface area contributed by atoms with Crippen LogP contribution >= 0.6 is 11.6 Å². The van der Waals surface area contributed by atoms with Crippen molar-refractivity contribution in [2.75, 3.05) is 43.1 Å². The highest BCUT2D eigenvalue weighted by molar-refractivity contribution is 6.31. The maximum atomic E-state index is 12.3. The fourth-order valence-corrected chi connectivity index (χ4v) is 3.78. The third-order valence-corrected chi connectivity index (χ3v) is 5.21. The van der Waals surface area contributed by atoms with E-state index in [1.165, 1.54) is 25.7 Å². The molecule has 1 saturated carbocycles. The number of hydrogen-bond acceptors (Lipinski definition) is 4. The molecule has 0 unspecified atom stereocenters. The van der Waals surface area contributed by atoms with Crippen molar-refractivity contribution in [2.24, 2.45) is 0 Å². The molecule has 1 amide bonds. The number of ether oxygens (including phenoxy) is 1. The molecule has 2 fully saturated rings. The van der Waals surface area contributed by atoms with Crippen LogP contribution in [0.4, 0.5) is 11.4 Å². The Kier molecular flexibility index (Phi) is 6.82. The smallest absolute Gasteiger partial charge is 0.239 e. The highest BCUT2D eigenvalue weighted by Crippen LogP contribution is 2.29. The molecule has 2 N–H and O–H groups in total. The number of hydrogen-bond donors (Lipinski definition) is 2. The standard InChI is InChI=1S/C19H28ClN3O2/c20-15-7-8-18(23-9-11-25-12-10-23)17(13-15)21-14-19(24)22-16-5-3-1-2-4-6-16/h7-8,13,16,21H,1-6,9-12,14H2,(H,22,24). The van der Waals surface area contributed by atoms with Gasteiger partial charge >= 0.3 is 0 Å². The first-order valence-corrected chi connectivity index (χ1v) is 9.75. The average Bonchev–Trinajstić information content (AvgIpc) is 2.89. The summed E-state index contributed by atoms with van der Waals surface area (Å²) in [6.07, 6.45) is 7.21. The second kappa shape index (κ2) is 9.30. The van der Waals surface area contributed by atoms with Crippen LogP contribution in [0.25, 0.3) is 0 Å². The lowest BCUT2D eigenvalue weighted by Gasteiger charge is -2.30. The van der Waals surface area contributed by atoms with Crippen molar-refractivity contribution in [3.05, 3.63) is 23.2 Å². The number of halogens is 1. The Morgan fingerprint density at radius 3 is 2.60 bits per heavy atom. The number of benzene rings is 1. The van der Waals surface area contributed by atoms with Gasteiger partial charge in [0.1, 0.15) is 0 Å². The number of carbonyl (C=O) groups is 1. The van der Waals surface area contributed by atoms with Gasteiger partial charge in [-0.2, -0.15) is 0 Å². The molecule has 0 bridgehead atoms. The zero-order valence-electron chi connectivity index (χ0n) is 14.7. The Balaban J connectivity index is 1.57. The largest absolute Gasteiger partial charge is 0.378 e. The van der Waals surface area contributed by atoms with Gasteiger partial charge in [-0.15, -0.1) is 0 Å². The van der Waals surface area contributed by atoms with Crippen LogP contribution in [0.15, 0.2) is 18.2 Å². The van der Waals surface area contributed by atoms with E-state index in [1.807, 2.05) is 18.2 Å². The van der Waals surface area contributed by atoms with Gasteiger partial charge < -0.3 is 20.3 Å². The molecule has 0 aromatic heterocycles. The summed E-state index contributed by atoms with van der Waals surface area (Å²) in [7, 11) is 0. The molecule has 3 rings (SSSR count). The zero-order chi connectivity index (χ0) is 17.5. The van der Waals surface area contributed by atoms with Crippen LogP contribution in [-0.2, 0) is 9.53 Å². The number of carbonyl (C=O) groups excluding carboxylic acids is 1. The number of anilines is 2. The van der Waals surface area contributed by atoms with Crippen LogP contribution in [-0.4, -0.2) is 44.8 Å². The minimum absolute atomic E-state index is 0.0554. The Morgan fingerprint density at radius 1 is 1.16 bits per heavy atom. The van der Waals surface area contributed by atoms with Crippen molar-refractivity contribution >= 4 is 28.9 Å². The zero-order valence-corrected chi connectivity index (χ0v) is 15.5. The summed E-state index contributed by atoms with van der Waals surface area (Å²) in [5, 5.41) is 7.12. The molecule has 6 heteroatoms. The fourth-order valence-electron chi connectivity index (χ4n) is 3.61. The molecule has 0 atom stereocenters. The van der Waals surface area contributed by atoms with Crippen molar-refractivity contribution in [2.45, 2.75) is 44.6 Å². The van der Waals surface area contributed by atoms with E-state index in [-0.39, 0.29) is 12.5 Å². The normalized spacial score (nSPS) is 19.3. The highest BCUT2D eigenvalue weighted by atomic mass is 35.5. The van der Waals surface area contributed by atoms with Gasteiger partial charge in [0, 0.05) is 24.2 Å². The molecular formula is C19H28ClN3O2. The van der Waals surface area contributed by atoms with E-state index in [1.54, 1.807) is 0 Å². The number of morpholine rings is 1. The van der Waals surface area contributed by atoms with Crippen LogP contribution in [0, 0.1) is 0 Å². The summed E-state index contributed by atoms with van der Waals surface area (Å²) in [4.78, 5) is 14.6. The predicted octanol–water partition coefficient (Wildman–Crippen LogP) is 3.43. The van der Waals surface area contributed by atoms with Gasteiger partial charge in [-0.3, -0.25) is 4.79 Å². The van der Waals surface area contributed by atoms with Crippen molar-refractivity contribution in [3.8, 4) is 0 Å². The van der Waals surface area contributed by atoms with E-state index in [0.717, 1.165) is 50.5 Å². The molecule has 5 nitrogen and oxygen atoms in total. The molecular weight excluding hydrogens is 338 g/mol. The van der Waals surface area contributed by atoms with E-state index >= 15 is 0 Å². The fraction of sp³-hybridized carbons (Fsp3) is 0.632. The van der Waals surface area contributed by atoms with Crippen molar-refractivity contribution in [3.63, 3.8) is 0 Å². The van der Waals surface area contributed by atoms with Gasteiger partial charge in [-0.1, -0.05) is 37.3 Å². The predicted molar refractivity (Wildman–Crippen MR) is 103 cm³/mol. The third kappa shape index (κ3) is 5.51. The van der Waals surface area contributed by atoms with E-state index < -0.39 is 0 Å². The van der Waals surface area contributed by atoms with Crippen LogP contribution < -0.4 is 15.5 Å². The van der Waals surface area contributed by atoms with Gasteiger partial charge in [0.2, 0.25) is 5.91 Å². The van der Waals surface area contributed by atoms with Gasteiger partial charge in [-0.25, -0.2) is 0 Å². The lowest BCUT2D eigenvalue weighted by atomic mass is 10.1. The highest BCUT2D eigenvalue weighted by Gasteiger charge is 2.17. The lowest BCUT2D eigenvalue weighted by molar-refractivity contribution is -0.120. The van der Waals surface area contributed by atoms with Crippen molar-refractivity contribution < 1.29 is 9.53 Å². The summed E-state index contributed by atoms with van der Waals surface area (Å²) >= 11 is 6.16. The third-order valence-electron chi connectivity index (χ3n) is 4.97. The van der Waals surface area contributed by atoms with Crippen LogP contribution in [0.2, 0.25) is 5.02 Å². The maximum absolute atomic E-state index is 12.3. The number of nitrogens with zero attached hydrogens (tertiary/aromatic N) is 1. The topological polar surface area (TPSA) is 53.6 Å². The molecule has 1 aromatic carbocycles. The molecule has 1 aliphatic heterocycles. The molecule has 1 aromatic rings. The van der Waals surface area contributed by atoms with E-state index in [2.05, 4.69) is 15.5 Å². The summed E-state index contributed by atoms with van der Waals surface area (Å²) in [5.41, 5.74) is 1.99. The van der Waals surface area contributed by atoms with Crippen molar-refractivity contribution in [1.29, 1.82) is 0 Å². The van der Waals surface area contributed by atoms with Crippen molar-refractivity contribution in [1.82, 2.24) is 5.32 Å². The monoisotopic (exact) mass is 365 g/mol. The Bertz CT molecular complexity index is 568. The van der Waals surface area contributed by atoms with Crippen LogP contribution in [0.1, 0.15) is 38.5 Å². The maximum Gasteiger partial charge on any atom is 0.239 e. The molecule has 0 radical (unpaired) electrons.